The minimum atomic E-state index is 0.349. The summed E-state index contributed by atoms with van der Waals surface area (Å²) in [5, 5.41) is 0. The van der Waals surface area contributed by atoms with Gasteiger partial charge in [0.2, 0.25) is 5.75 Å². The largest absolute Gasteiger partial charge is 0.493 e. The van der Waals surface area contributed by atoms with Gasteiger partial charge in [0.05, 0.1) is 26.9 Å². The van der Waals surface area contributed by atoms with Crippen molar-refractivity contribution in [2.24, 2.45) is 0 Å². The third-order valence-corrected chi connectivity index (χ3v) is 6.71. The number of piperidine rings is 1. The number of amides is 1. The summed E-state index contributed by atoms with van der Waals surface area (Å²) < 4.78 is 16.5. The van der Waals surface area contributed by atoms with Crippen LogP contribution in [0.15, 0.2) is 12.1 Å². The molecule has 0 aliphatic carbocycles. The average Bonchev–Trinajstić information content (AvgIpc) is 2.79. The fraction of sp³-hybridized carbons (Fsp3) is 0.696. The highest BCUT2D eigenvalue weighted by atomic mass is 16.5. The molecule has 7 nitrogen and oxygen atoms in total. The van der Waals surface area contributed by atoms with Crippen molar-refractivity contribution in [1.29, 1.82) is 0 Å². The molecule has 0 spiro atoms. The maximum Gasteiger partial charge on any atom is 0.278 e. The topological polar surface area (TPSA) is 56.9 Å². The smallest absolute Gasteiger partial charge is 0.278 e. The Hall–Kier alpha value is -1.99. The van der Waals surface area contributed by atoms with Gasteiger partial charge >= 0.3 is 0 Å². The van der Waals surface area contributed by atoms with Crippen molar-refractivity contribution < 1.29 is 28.8 Å². The summed E-state index contributed by atoms with van der Waals surface area (Å²) >= 11 is 0. The third kappa shape index (κ3) is 5.19. The number of rotatable bonds is 8. The van der Waals surface area contributed by atoms with Gasteiger partial charge in [0.15, 0.2) is 18.0 Å². The van der Waals surface area contributed by atoms with Crippen molar-refractivity contribution in [2.45, 2.75) is 45.2 Å². The number of methoxy groups -OCH3 is 3. The van der Waals surface area contributed by atoms with E-state index in [2.05, 4.69) is 17.9 Å². The summed E-state index contributed by atoms with van der Waals surface area (Å²) in [6.45, 7) is 8.84. The normalized spacial score (nSPS) is 24.4. The molecule has 7 heteroatoms. The summed E-state index contributed by atoms with van der Waals surface area (Å²) in [7, 11) is 4.95. The number of piperazine rings is 1. The number of carbonyl (C=O) groups is 1. The predicted octanol–water partition coefficient (Wildman–Crippen LogP) is -0.213. The van der Waals surface area contributed by atoms with E-state index in [1.165, 1.54) is 22.6 Å². The molecule has 168 valence electrons. The number of likely N-dealkylation sites (tertiary alicyclic amines) is 1. The SMILES string of the molecule is CC[C@@H]1CCCCN1C(=O)C[NH+]1CC[NH+](Cc2ccc(OC)c(OC)c2OC)CC1. The molecule has 2 fully saturated rings. The second kappa shape index (κ2) is 10.9. The lowest BCUT2D eigenvalue weighted by Crippen LogP contribution is -3.28. The van der Waals surface area contributed by atoms with Crippen molar-refractivity contribution in [3.8, 4) is 17.2 Å². The number of hydrogen-bond donors (Lipinski definition) is 2. The van der Waals surface area contributed by atoms with Crippen LogP contribution in [0.5, 0.6) is 17.2 Å². The van der Waals surface area contributed by atoms with Crippen LogP contribution in [0.25, 0.3) is 0 Å². The summed E-state index contributed by atoms with van der Waals surface area (Å²) in [6, 6.07) is 4.46. The molecule has 1 amide bonds. The highest BCUT2D eigenvalue weighted by Gasteiger charge is 2.31. The van der Waals surface area contributed by atoms with Gasteiger partial charge in [-0.1, -0.05) is 6.92 Å². The fourth-order valence-corrected chi connectivity index (χ4v) is 4.95. The first-order valence-electron chi connectivity index (χ1n) is 11.4. The first-order chi connectivity index (χ1) is 14.6. The van der Waals surface area contributed by atoms with Gasteiger partial charge in [0.1, 0.15) is 32.7 Å². The van der Waals surface area contributed by atoms with E-state index in [0.29, 0.717) is 30.0 Å². The minimum Gasteiger partial charge on any atom is -0.493 e. The van der Waals surface area contributed by atoms with Gasteiger partial charge in [-0.2, -0.15) is 0 Å². The molecule has 0 bridgehead atoms. The Labute approximate surface area is 180 Å². The van der Waals surface area contributed by atoms with Crippen LogP contribution in [-0.4, -0.2) is 77.4 Å². The molecule has 2 N–H and O–H groups in total. The number of nitrogens with zero attached hydrogens (tertiary/aromatic N) is 1. The van der Waals surface area contributed by atoms with Gasteiger partial charge in [0, 0.05) is 12.6 Å². The van der Waals surface area contributed by atoms with Gasteiger partial charge in [-0.3, -0.25) is 4.79 Å². The first kappa shape index (κ1) is 22.7. The second-order valence-corrected chi connectivity index (χ2v) is 8.49. The molecule has 3 rings (SSSR count). The molecule has 1 aromatic carbocycles. The van der Waals surface area contributed by atoms with E-state index < -0.39 is 0 Å². The zero-order valence-electron chi connectivity index (χ0n) is 19.1. The van der Waals surface area contributed by atoms with Crippen molar-refractivity contribution in [3.05, 3.63) is 17.7 Å². The van der Waals surface area contributed by atoms with Crippen molar-refractivity contribution >= 4 is 5.91 Å². The van der Waals surface area contributed by atoms with Crippen LogP contribution >= 0.6 is 0 Å². The van der Waals surface area contributed by atoms with E-state index in [9.17, 15) is 4.79 Å². The van der Waals surface area contributed by atoms with Gasteiger partial charge < -0.3 is 28.9 Å². The molecular formula is C23H39N3O4+2. The molecule has 1 aromatic rings. The molecular weight excluding hydrogens is 382 g/mol. The average molecular weight is 422 g/mol. The van der Waals surface area contributed by atoms with Crippen molar-refractivity contribution in [1.82, 2.24) is 4.90 Å². The summed E-state index contributed by atoms with van der Waals surface area (Å²) in [5.41, 5.74) is 1.13. The maximum absolute atomic E-state index is 12.9. The van der Waals surface area contributed by atoms with Crippen LogP contribution in [-0.2, 0) is 11.3 Å². The number of ether oxygens (including phenoxy) is 3. The van der Waals surface area contributed by atoms with Gasteiger partial charge in [-0.05, 0) is 37.8 Å². The highest BCUT2D eigenvalue weighted by molar-refractivity contribution is 5.77. The molecule has 2 saturated heterocycles. The molecule has 2 aliphatic heterocycles. The van der Waals surface area contributed by atoms with Crippen molar-refractivity contribution in [3.63, 3.8) is 0 Å². The zero-order valence-corrected chi connectivity index (χ0v) is 19.1. The second-order valence-electron chi connectivity index (χ2n) is 8.49. The Bertz CT molecular complexity index is 704. The Morgan fingerprint density at radius 3 is 2.33 bits per heavy atom. The van der Waals surface area contributed by atoms with Gasteiger partial charge in [0.25, 0.3) is 5.91 Å². The lowest BCUT2D eigenvalue weighted by Gasteiger charge is -2.36. The molecule has 0 unspecified atom stereocenters. The van der Waals surface area contributed by atoms with Crippen LogP contribution in [0.4, 0.5) is 0 Å². The molecule has 0 radical (unpaired) electrons. The van der Waals surface area contributed by atoms with E-state index in [1.807, 2.05) is 6.07 Å². The maximum atomic E-state index is 12.9. The first-order valence-corrected chi connectivity index (χ1v) is 11.4. The van der Waals surface area contributed by atoms with E-state index in [1.54, 1.807) is 21.3 Å². The van der Waals surface area contributed by atoms with Gasteiger partial charge in [-0.15, -0.1) is 0 Å². The van der Waals surface area contributed by atoms with Crippen LogP contribution < -0.4 is 24.0 Å². The Kier molecular flexibility index (Phi) is 8.22. The molecule has 0 saturated carbocycles. The Balaban J connectivity index is 1.54. The third-order valence-electron chi connectivity index (χ3n) is 6.71. The molecule has 0 aromatic heterocycles. The molecule has 2 aliphatic rings. The number of quaternary nitrogens is 2. The Morgan fingerprint density at radius 2 is 1.70 bits per heavy atom. The number of benzene rings is 1. The molecule has 30 heavy (non-hydrogen) atoms. The quantitative estimate of drug-likeness (QED) is 0.610. The van der Waals surface area contributed by atoms with Gasteiger partial charge in [-0.25, -0.2) is 0 Å². The Morgan fingerprint density at radius 1 is 1.00 bits per heavy atom. The lowest BCUT2D eigenvalue weighted by atomic mass is 10.00. The number of hydrogen-bond acceptors (Lipinski definition) is 4. The monoisotopic (exact) mass is 421 g/mol. The molecule has 2 heterocycles. The van der Waals surface area contributed by atoms with E-state index in [4.69, 9.17) is 14.2 Å². The summed E-state index contributed by atoms with van der Waals surface area (Å²) in [5.74, 6) is 2.44. The van der Waals surface area contributed by atoms with Crippen molar-refractivity contribution in [2.75, 3.05) is 60.6 Å². The summed E-state index contributed by atoms with van der Waals surface area (Å²) in [6.07, 6.45) is 4.66. The van der Waals surface area contributed by atoms with Crippen LogP contribution in [0.1, 0.15) is 38.2 Å². The van der Waals surface area contributed by atoms with E-state index in [0.717, 1.165) is 63.4 Å². The van der Waals surface area contributed by atoms with Crippen LogP contribution in [0.2, 0.25) is 0 Å². The van der Waals surface area contributed by atoms with E-state index in [-0.39, 0.29) is 0 Å². The van der Waals surface area contributed by atoms with E-state index >= 15 is 0 Å². The number of nitrogens with one attached hydrogen (secondary N) is 2. The van der Waals surface area contributed by atoms with Crippen LogP contribution in [0.3, 0.4) is 0 Å². The zero-order chi connectivity index (χ0) is 21.5. The standard InChI is InChI=1S/C23H37N3O4/c1-5-19-8-6-7-11-26(19)21(27)17-25-14-12-24(13-15-25)16-18-9-10-20(28-2)23(30-4)22(18)29-3/h9-10,19H,5-8,11-17H2,1-4H3/p+2/t19-/m1/s1. The predicted molar refractivity (Wildman–Crippen MR) is 116 cm³/mol. The number of carbonyl (C=O) groups excluding carboxylic acids is 1. The molecule has 1 atom stereocenters. The lowest BCUT2D eigenvalue weighted by molar-refractivity contribution is -1.02. The van der Waals surface area contributed by atoms with Crippen LogP contribution in [0, 0.1) is 0 Å². The highest BCUT2D eigenvalue weighted by Crippen LogP contribution is 2.39. The fourth-order valence-electron chi connectivity index (χ4n) is 4.95. The summed E-state index contributed by atoms with van der Waals surface area (Å²) in [4.78, 5) is 18.0. The minimum absolute atomic E-state index is 0.349.